The van der Waals surface area contributed by atoms with E-state index in [0.717, 1.165) is 31.2 Å². The SMILES string of the molecule is CCCCCCC1C(C(=O)OCC)=C(c2ccccc2)OC1CS(=O)(=O)c1ccccc1. The Morgan fingerprint density at radius 2 is 1.59 bits per heavy atom. The van der Waals surface area contributed by atoms with Gasteiger partial charge in [0.25, 0.3) is 0 Å². The quantitative estimate of drug-likeness (QED) is 0.334. The Hall–Kier alpha value is -2.60. The third-order valence-corrected chi connectivity index (χ3v) is 7.48. The summed E-state index contributed by atoms with van der Waals surface area (Å²) in [7, 11) is -3.58. The van der Waals surface area contributed by atoms with Gasteiger partial charge in [-0.15, -0.1) is 0 Å². The van der Waals surface area contributed by atoms with Crippen molar-refractivity contribution in [2.45, 2.75) is 57.0 Å². The number of esters is 1. The molecule has 0 bridgehead atoms. The molecule has 0 spiro atoms. The molecule has 32 heavy (non-hydrogen) atoms. The molecule has 0 N–H and O–H groups in total. The molecule has 2 aromatic rings. The first-order valence-electron chi connectivity index (χ1n) is 11.4. The standard InChI is InChI=1S/C26H32O5S/c1-3-5-6-13-18-22-23(19-32(28,29)21-16-11-8-12-17-21)31-25(20-14-9-7-10-15-20)24(22)26(27)30-4-2/h7-12,14-17,22-23H,3-6,13,18-19H2,1-2H3. The lowest BCUT2D eigenvalue weighted by atomic mass is 9.89. The third-order valence-electron chi connectivity index (χ3n) is 5.72. The highest BCUT2D eigenvalue weighted by Gasteiger charge is 2.43. The molecule has 0 fully saturated rings. The summed E-state index contributed by atoms with van der Waals surface area (Å²) >= 11 is 0. The van der Waals surface area contributed by atoms with Crippen LogP contribution in [0.4, 0.5) is 0 Å². The molecule has 1 aliphatic heterocycles. The second-order valence-electron chi connectivity index (χ2n) is 8.04. The molecule has 0 radical (unpaired) electrons. The maximum atomic E-state index is 13.1. The van der Waals surface area contributed by atoms with Crippen LogP contribution in [0.2, 0.25) is 0 Å². The molecule has 0 amide bonds. The van der Waals surface area contributed by atoms with Gasteiger partial charge in [0.2, 0.25) is 0 Å². The van der Waals surface area contributed by atoms with Gasteiger partial charge in [-0.2, -0.15) is 0 Å². The highest BCUT2D eigenvalue weighted by atomic mass is 32.2. The van der Waals surface area contributed by atoms with Gasteiger partial charge >= 0.3 is 5.97 Å². The molecule has 6 heteroatoms. The highest BCUT2D eigenvalue weighted by Crippen LogP contribution is 2.41. The van der Waals surface area contributed by atoms with Crippen molar-refractivity contribution in [2.75, 3.05) is 12.4 Å². The fourth-order valence-corrected chi connectivity index (χ4v) is 5.63. The Kier molecular flexibility index (Phi) is 8.51. The van der Waals surface area contributed by atoms with Crippen LogP contribution in [0.3, 0.4) is 0 Å². The van der Waals surface area contributed by atoms with E-state index in [2.05, 4.69) is 6.92 Å². The molecule has 0 saturated heterocycles. The fraction of sp³-hybridized carbons (Fsp3) is 0.423. The highest BCUT2D eigenvalue weighted by molar-refractivity contribution is 7.91. The first kappa shape index (κ1) is 24.1. The van der Waals surface area contributed by atoms with E-state index in [9.17, 15) is 13.2 Å². The predicted molar refractivity (Wildman–Crippen MR) is 126 cm³/mol. The van der Waals surface area contributed by atoms with E-state index < -0.39 is 21.9 Å². The second kappa shape index (κ2) is 11.3. The number of hydrogen-bond acceptors (Lipinski definition) is 5. The monoisotopic (exact) mass is 456 g/mol. The van der Waals surface area contributed by atoms with Crippen molar-refractivity contribution in [3.63, 3.8) is 0 Å². The van der Waals surface area contributed by atoms with Crippen molar-refractivity contribution in [3.8, 4) is 0 Å². The molecular formula is C26H32O5S. The number of ether oxygens (including phenoxy) is 2. The van der Waals surface area contributed by atoms with E-state index in [0.29, 0.717) is 17.8 Å². The van der Waals surface area contributed by atoms with Crippen molar-refractivity contribution < 1.29 is 22.7 Å². The first-order chi connectivity index (χ1) is 15.5. The number of benzene rings is 2. The Morgan fingerprint density at radius 3 is 2.22 bits per heavy atom. The Balaban J connectivity index is 1.96. The van der Waals surface area contributed by atoms with Crippen LogP contribution < -0.4 is 0 Å². The van der Waals surface area contributed by atoms with Crippen LogP contribution in [-0.4, -0.2) is 32.9 Å². The summed E-state index contributed by atoms with van der Waals surface area (Å²) in [5.74, 6) is -0.502. The van der Waals surface area contributed by atoms with Crippen LogP contribution in [-0.2, 0) is 24.1 Å². The van der Waals surface area contributed by atoms with Gasteiger partial charge in [0.05, 0.1) is 22.8 Å². The average molecular weight is 457 g/mol. The molecule has 172 valence electrons. The summed E-state index contributed by atoms with van der Waals surface area (Å²) < 4.78 is 37.9. The Bertz CT molecular complexity index is 1010. The van der Waals surface area contributed by atoms with Crippen LogP contribution >= 0.6 is 0 Å². The summed E-state index contributed by atoms with van der Waals surface area (Å²) in [6.45, 7) is 4.16. The molecule has 5 nitrogen and oxygen atoms in total. The Morgan fingerprint density at radius 1 is 0.938 bits per heavy atom. The lowest BCUT2D eigenvalue weighted by molar-refractivity contribution is -0.139. The number of unbranched alkanes of at least 4 members (excludes halogenated alkanes) is 3. The maximum Gasteiger partial charge on any atom is 0.338 e. The van der Waals surface area contributed by atoms with Crippen molar-refractivity contribution in [1.82, 2.24) is 0 Å². The van der Waals surface area contributed by atoms with Crippen molar-refractivity contribution in [3.05, 3.63) is 71.8 Å². The van der Waals surface area contributed by atoms with Gasteiger partial charge in [0, 0.05) is 11.5 Å². The number of sulfone groups is 1. The normalized spacial score (nSPS) is 18.4. The van der Waals surface area contributed by atoms with E-state index in [1.165, 1.54) is 0 Å². The molecule has 0 saturated carbocycles. The van der Waals surface area contributed by atoms with Gasteiger partial charge in [-0.05, 0) is 25.5 Å². The lowest BCUT2D eigenvalue weighted by Gasteiger charge is -2.21. The number of hydrogen-bond donors (Lipinski definition) is 0. The van der Waals surface area contributed by atoms with Crippen molar-refractivity contribution in [1.29, 1.82) is 0 Å². The molecule has 0 aliphatic carbocycles. The molecular weight excluding hydrogens is 424 g/mol. The molecule has 0 aromatic heterocycles. The topological polar surface area (TPSA) is 69.7 Å². The van der Waals surface area contributed by atoms with Gasteiger partial charge in [0.1, 0.15) is 11.9 Å². The molecule has 2 atom stereocenters. The minimum atomic E-state index is -3.58. The third kappa shape index (κ3) is 5.80. The molecule has 3 rings (SSSR count). The zero-order valence-electron chi connectivity index (χ0n) is 18.8. The van der Waals surface area contributed by atoms with Crippen LogP contribution in [0.1, 0.15) is 51.5 Å². The van der Waals surface area contributed by atoms with Gasteiger partial charge in [-0.3, -0.25) is 0 Å². The molecule has 2 aromatic carbocycles. The number of carbonyl (C=O) groups excluding carboxylic acids is 1. The summed E-state index contributed by atoms with van der Waals surface area (Å²) in [5.41, 5.74) is 1.22. The van der Waals surface area contributed by atoms with E-state index in [1.807, 2.05) is 30.3 Å². The second-order valence-corrected chi connectivity index (χ2v) is 10.1. The zero-order valence-corrected chi connectivity index (χ0v) is 19.6. The molecule has 1 aliphatic rings. The summed E-state index contributed by atoms with van der Waals surface area (Å²) in [4.78, 5) is 13.3. The summed E-state index contributed by atoms with van der Waals surface area (Å²) in [6.07, 6.45) is 4.17. The van der Waals surface area contributed by atoms with Crippen molar-refractivity contribution >= 4 is 21.6 Å². The molecule has 1 heterocycles. The van der Waals surface area contributed by atoms with Crippen molar-refractivity contribution in [2.24, 2.45) is 5.92 Å². The first-order valence-corrected chi connectivity index (χ1v) is 13.0. The smallest absolute Gasteiger partial charge is 0.338 e. The maximum absolute atomic E-state index is 13.1. The van der Waals surface area contributed by atoms with Crippen LogP contribution in [0, 0.1) is 5.92 Å². The zero-order chi connectivity index (χ0) is 23.0. The Labute approximate surface area is 191 Å². The summed E-state index contributed by atoms with van der Waals surface area (Å²) in [5, 5.41) is 0. The summed E-state index contributed by atoms with van der Waals surface area (Å²) in [6, 6.07) is 17.8. The molecule has 2 unspecified atom stereocenters. The van der Waals surface area contributed by atoms with E-state index >= 15 is 0 Å². The fourth-order valence-electron chi connectivity index (χ4n) is 4.13. The van der Waals surface area contributed by atoms with Gasteiger partial charge in [0.15, 0.2) is 9.84 Å². The van der Waals surface area contributed by atoms with Gasteiger partial charge in [-0.25, -0.2) is 13.2 Å². The van der Waals surface area contributed by atoms with E-state index in [-0.39, 0.29) is 23.2 Å². The van der Waals surface area contributed by atoms with E-state index in [4.69, 9.17) is 9.47 Å². The van der Waals surface area contributed by atoms with E-state index in [1.54, 1.807) is 37.3 Å². The van der Waals surface area contributed by atoms with Gasteiger partial charge in [-0.1, -0.05) is 81.1 Å². The minimum Gasteiger partial charge on any atom is -0.488 e. The average Bonchev–Trinajstić information content (AvgIpc) is 3.15. The van der Waals surface area contributed by atoms with Crippen LogP contribution in [0.5, 0.6) is 0 Å². The largest absolute Gasteiger partial charge is 0.488 e. The van der Waals surface area contributed by atoms with Gasteiger partial charge < -0.3 is 9.47 Å². The predicted octanol–water partition coefficient (Wildman–Crippen LogP) is 5.42. The number of rotatable bonds is 11. The minimum absolute atomic E-state index is 0.186. The lowest BCUT2D eigenvalue weighted by Crippen LogP contribution is -2.30. The van der Waals surface area contributed by atoms with Crippen LogP contribution in [0.15, 0.2) is 71.1 Å². The van der Waals surface area contributed by atoms with Crippen LogP contribution in [0.25, 0.3) is 5.76 Å². The number of carbonyl (C=O) groups is 1.